The summed E-state index contributed by atoms with van der Waals surface area (Å²) in [6, 6.07) is 12.9. The van der Waals surface area contributed by atoms with Crippen LogP contribution in [-0.2, 0) is 6.42 Å². The predicted octanol–water partition coefficient (Wildman–Crippen LogP) is 5.92. The van der Waals surface area contributed by atoms with Gasteiger partial charge in [0, 0.05) is 20.7 Å². The smallest absolute Gasteiger partial charge is 0.124 e. The van der Waals surface area contributed by atoms with Crippen LogP contribution in [0.2, 0.25) is 0 Å². The molecule has 0 aliphatic carbocycles. The van der Waals surface area contributed by atoms with Crippen molar-refractivity contribution in [2.45, 2.75) is 12.3 Å². The fourth-order valence-corrected chi connectivity index (χ4v) is 3.19. The number of halogens is 4. The van der Waals surface area contributed by atoms with E-state index in [9.17, 15) is 4.39 Å². The molecule has 1 unspecified atom stereocenters. The minimum atomic E-state index is -0.236. The van der Waals surface area contributed by atoms with Crippen molar-refractivity contribution < 1.29 is 4.39 Å². The molecule has 0 N–H and O–H groups in total. The van der Waals surface area contributed by atoms with Crippen molar-refractivity contribution in [3.8, 4) is 0 Å². The average molecular weight is 407 g/mol. The molecule has 0 amide bonds. The Morgan fingerprint density at radius 3 is 2.53 bits per heavy atom. The summed E-state index contributed by atoms with van der Waals surface area (Å²) in [6.07, 6.45) is 0.779. The second kappa shape index (κ2) is 6.87. The molecule has 0 saturated carbocycles. The molecule has 0 aliphatic heterocycles. The summed E-state index contributed by atoms with van der Waals surface area (Å²) in [5.74, 6) is 0.502. The quantitative estimate of drug-likeness (QED) is 0.553. The van der Waals surface area contributed by atoms with Gasteiger partial charge in [0.05, 0.1) is 0 Å². The van der Waals surface area contributed by atoms with Crippen LogP contribution in [0.25, 0.3) is 0 Å². The predicted molar refractivity (Wildman–Crippen MR) is 85.4 cm³/mol. The lowest BCUT2D eigenvalue weighted by atomic mass is 9.93. The number of hydrogen-bond acceptors (Lipinski definition) is 0. The molecule has 1 atom stereocenters. The van der Waals surface area contributed by atoms with E-state index in [-0.39, 0.29) is 11.7 Å². The minimum Gasteiger partial charge on any atom is -0.207 e. The zero-order valence-corrected chi connectivity index (χ0v) is 14.0. The van der Waals surface area contributed by atoms with E-state index in [0.29, 0.717) is 5.88 Å². The van der Waals surface area contributed by atoms with Gasteiger partial charge >= 0.3 is 0 Å². The lowest BCUT2D eigenvalue weighted by Gasteiger charge is -2.16. The Morgan fingerprint density at radius 2 is 1.89 bits per heavy atom. The van der Waals surface area contributed by atoms with E-state index in [2.05, 4.69) is 44.0 Å². The molecule has 0 radical (unpaired) electrons. The van der Waals surface area contributed by atoms with E-state index in [0.717, 1.165) is 20.9 Å². The SMILES string of the molecule is Fc1ccc(CC(CCl)c2cccc(Br)c2)c(Br)c1. The van der Waals surface area contributed by atoms with Crippen LogP contribution in [0.15, 0.2) is 51.4 Å². The van der Waals surface area contributed by atoms with Crippen molar-refractivity contribution in [3.05, 3.63) is 68.4 Å². The van der Waals surface area contributed by atoms with Gasteiger partial charge in [-0.15, -0.1) is 11.6 Å². The Hall–Kier alpha value is -0.380. The molecule has 0 fully saturated rings. The van der Waals surface area contributed by atoms with Gasteiger partial charge in [0.2, 0.25) is 0 Å². The van der Waals surface area contributed by atoms with E-state index in [4.69, 9.17) is 11.6 Å². The third kappa shape index (κ3) is 4.04. The van der Waals surface area contributed by atoms with Gasteiger partial charge in [-0.05, 0) is 41.8 Å². The van der Waals surface area contributed by atoms with Crippen molar-refractivity contribution in [2.24, 2.45) is 0 Å². The highest BCUT2D eigenvalue weighted by Crippen LogP contribution is 2.28. The summed E-state index contributed by atoms with van der Waals surface area (Å²) in [7, 11) is 0. The second-order valence-corrected chi connectivity index (χ2v) is 6.42. The molecule has 100 valence electrons. The zero-order chi connectivity index (χ0) is 13.8. The highest BCUT2D eigenvalue weighted by atomic mass is 79.9. The van der Waals surface area contributed by atoms with E-state index in [1.165, 1.54) is 17.7 Å². The van der Waals surface area contributed by atoms with Crippen molar-refractivity contribution in [2.75, 3.05) is 5.88 Å². The van der Waals surface area contributed by atoms with Gasteiger partial charge < -0.3 is 0 Å². The van der Waals surface area contributed by atoms with Crippen molar-refractivity contribution in [3.63, 3.8) is 0 Å². The summed E-state index contributed by atoms with van der Waals surface area (Å²) in [5, 5.41) is 0. The van der Waals surface area contributed by atoms with Gasteiger partial charge in [0.15, 0.2) is 0 Å². The van der Waals surface area contributed by atoms with Crippen LogP contribution in [0.3, 0.4) is 0 Å². The lowest BCUT2D eigenvalue weighted by molar-refractivity contribution is 0.625. The number of benzene rings is 2. The molecule has 0 heterocycles. The summed E-state index contributed by atoms with van der Waals surface area (Å²) >= 11 is 12.9. The first-order chi connectivity index (χ1) is 9.10. The number of alkyl halides is 1. The fraction of sp³-hybridized carbons (Fsp3) is 0.200. The van der Waals surface area contributed by atoms with Crippen LogP contribution < -0.4 is 0 Å². The Kier molecular flexibility index (Phi) is 5.43. The molecule has 4 heteroatoms. The summed E-state index contributed by atoms with van der Waals surface area (Å²) < 4.78 is 14.9. The van der Waals surface area contributed by atoms with E-state index >= 15 is 0 Å². The zero-order valence-electron chi connectivity index (χ0n) is 10.0. The van der Waals surface area contributed by atoms with Gasteiger partial charge in [0.25, 0.3) is 0 Å². The third-order valence-electron chi connectivity index (χ3n) is 2.99. The van der Waals surface area contributed by atoms with Crippen LogP contribution in [0.4, 0.5) is 4.39 Å². The Labute approximate surface area is 134 Å². The molecule has 0 saturated heterocycles. The minimum absolute atomic E-state index is 0.209. The van der Waals surface area contributed by atoms with Gasteiger partial charge in [0.1, 0.15) is 5.82 Å². The maximum Gasteiger partial charge on any atom is 0.124 e. The number of rotatable bonds is 4. The van der Waals surface area contributed by atoms with Crippen LogP contribution in [-0.4, -0.2) is 5.88 Å². The molecule has 2 rings (SSSR count). The van der Waals surface area contributed by atoms with Crippen molar-refractivity contribution in [1.29, 1.82) is 0 Å². The average Bonchev–Trinajstić information content (AvgIpc) is 2.38. The van der Waals surface area contributed by atoms with Crippen molar-refractivity contribution >= 4 is 43.5 Å². The van der Waals surface area contributed by atoms with Crippen LogP contribution >= 0.6 is 43.5 Å². The van der Waals surface area contributed by atoms with Crippen LogP contribution in [0.1, 0.15) is 17.0 Å². The third-order valence-corrected chi connectivity index (χ3v) is 4.59. The highest BCUT2D eigenvalue weighted by Gasteiger charge is 2.13. The molecule has 0 nitrogen and oxygen atoms in total. The van der Waals surface area contributed by atoms with Gasteiger partial charge in [-0.2, -0.15) is 0 Å². The van der Waals surface area contributed by atoms with Crippen molar-refractivity contribution in [1.82, 2.24) is 0 Å². The maximum atomic E-state index is 13.1. The maximum absolute atomic E-state index is 13.1. The largest absolute Gasteiger partial charge is 0.207 e. The van der Waals surface area contributed by atoms with E-state index in [1.807, 2.05) is 12.1 Å². The summed E-state index contributed by atoms with van der Waals surface area (Å²) in [6.45, 7) is 0. The Morgan fingerprint density at radius 1 is 1.11 bits per heavy atom. The molecule has 19 heavy (non-hydrogen) atoms. The fourth-order valence-electron chi connectivity index (χ4n) is 1.97. The molecule has 0 bridgehead atoms. The van der Waals surface area contributed by atoms with Crippen LogP contribution in [0, 0.1) is 5.82 Å². The molecule has 2 aromatic rings. The first-order valence-electron chi connectivity index (χ1n) is 5.85. The van der Waals surface area contributed by atoms with Crippen LogP contribution in [0.5, 0.6) is 0 Å². The second-order valence-electron chi connectivity index (χ2n) is 4.35. The molecular weight excluding hydrogens is 394 g/mol. The standard InChI is InChI=1S/C15H12Br2ClF/c16-13-3-1-2-10(7-13)12(9-18)6-11-4-5-14(19)8-15(11)17/h1-5,7-8,12H,6,9H2. The lowest BCUT2D eigenvalue weighted by Crippen LogP contribution is -2.05. The highest BCUT2D eigenvalue weighted by molar-refractivity contribution is 9.10. The molecule has 0 aliphatic rings. The molecular formula is C15H12Br2ClF. The van der Waals surface area contributed by atoms with Gasteiger partial charge in [-0.25, -0.2) is 4.39 Å². The number of hydrogen-bond donors (Lipinski definition) is 0. The first-order valence-corrected chi connectivity index (χ1v) is 7.97. The monoisotopic (exact) mass is 404 g/mol. The van der Waals surface area contributed by atoms with E-state index in [1.54, 1.807) is 6.07 Å². The molecule has 0 spiro atoms. The normalized spacial score (nSPS) is 12.4. The Balaban J connectivity index is 2.24. The topological polar surface area (TPSA) is 0 Å². The summed E-state index contributed by atoms with van der Waals surface area (Å²) in [4.78, 5) is 0. The van der Waals surface area contributed by atoms with Gasteiger partial charge in [-0.1, -0.05) is 50.1 Å². The first kappa shape index (κ1) is 15.0. The van der Waals surface area contributed by atoms with Gasteiger partial charge in [-0.3, -0.25) is 0 Å². The molecule has 0 aromatic heterocycles. The Bertz CT molecular complexity index is 572. The van der Waals surface area contributed by atoms with E-state index < -0.39 is 0 Å². The molecule has 2 aromatic carbocycles. The summed E-state index contributed by atoms with van der Waals surface area (Å²) in [5.41, 5.74) is 2.24.